The smallest absolute Gasteiger partial charge is 0.227 e. The average Bonchev–Trinajstić information content (AvgIpc) is 3.61. The van der Waals surface area contributed by atoms with Gasteiger partial charge in [0, 0.05) is 46.3 Å². The van der Waals surface area contributed by atoms with E-state index in [1.807, 2.05) is 18.2 Å². The molecule has 0 aliphatic heterocycles. The van der Waals surface area contributed by atoms with Crippen LogP contribution in [0, 0.1) is 11.7 Å². The lowest BCUT2D eigenvalue weighted by Gasteiger charge is -2.20. The molecule has 5 heterocycles. The average molecular weight is 548 g/mol. The van der Waals surface area contributed by atoms with Crippen molar-refractivity contribution in [2.45, 2.75) is 32.1 Å². The largest absolute Gasteiger partial charge is 0.508 e. The number of hydrogen-bond donors (Lipinski definition) is 4. The number of benzene rings is 1. The number of anilines is 1. The highest BCUT2D eigenvalue weighted by molar-refractivity contribution is 6.01. The van der Waals surface area contributed by atoms with E-state index in [0.717, 1.165) is 64.8 Å². The number of hydrogen-bond acceptors (Lipinski definition) is 6. The third kappa shape index (κ3) is 4.77. The fourth-order valence-electron chi connectivity index (χ4n) is 5.68. The minimum atomic E-state index is -0.529. The minimum absolute atomic E-state index is 0.0466. The number of phenols is 1. The summed E-state index contributed by atoms with van der Waals surface area (Å²) >= 11 is 0. The molecule has 4 N–H and O–H groups in total. The van der Waals surface area contributed by atoms with Gasteiger partial charge in [-0.1, -0.05) is 19.3 Å². The maximum Gasteiger partial charge on any atom is 0.227 e. The van der Waals surface area contributed by atoms with Crippen molar-refractivity contribution >= 4 is 33.4 Å². The molecule has 9 nitrogen and oxygen atoms in total. The highest BCUT2D eigenvalue weighted by Crippen LogP contribution is 2.35. The molecule has 1 aliphatic rings. The first-order valence-electron chi connectivity index (χ1n) is 13.6. The van der Waals surface area contributed by atoms with Crippen LogP contribution in [0.1, 0.15) is 32.1 Å². The van der Waals surface area contributed by atoms with Gasteiger partial charge in [-0.15, -0.1) is 0 Å². The van der Waals surface area contributed by atoms with E-state index in [1.54, 1.807) is 31.0 Å². The number of aromatic amines is 2. The zero-order valence-corrected chi connectivity index (χ0v) is 22.0. The molecule has 1 amide bonds. The molecule has 6 aromatic rings. The number of carbonyl (C=O) groups excluding carboxylic acids is 1. The van der Waals surface area contributed by atoms with Gasteiger partial charge >= 0.3 is 0 Å². The maximum absolute atomic E-state index is 14.0. The molecule has 0 unspecified atom stereocenters. The van der Waals surface area contributed by atoms with Gasteiger partial charge in [0.15, 0.2) is 0 Å². The van der Waals surface area contributed by atoms with Crippen molar-refractivity contribution in [3.05, 3.63) is 73.2 Å². The van der Waals surface area contributed by atoms with Crippen LogP contribution in [0.3, 0.4) is 0 Å². The van der Waals surface area contributed by atoms with E-state index in [4.69, 9.17) is 0 Å². The molecule has 1 aliphatic carbocycles. The SMILES string of the molecule is O=C(Nc1cncc(-c2cc3c(-c4cc5c(-c6cc(O)cc(F)c6)cncc5[nH]4)n[nH]c3cn2)c1)C1CCCCC1. The minimum Gasteiger partial charge on any atom is -0.508 e. The van der Waals surface area contributed by atoms with E-state index in [1.165, 1.54) is 18.6 Å². The van der Waals surface area contributed by atoms with Gasteiger partial charge < -0.3 is 15.4 Å². The lowest BCUT2D eigenvalue weighted by Crippen LogP contribution is -2.24. The van der Waals surface area contributed by atoms with E-state index in [2.05, 4.69) is 35.5 Å². The Hall–Kier alpha value is -5.12. The standard InChI is InChI=1S/C31H26FN7O2/c32-20-6-18(8-22(40)9-20)25-14-34-15-28-23(25)10-27(37-28)30-24-11-26(35-16-29(24)38-39-30)19-7-21(13-33-12-19)36-31(41)17-4-2-1-3-5-17/h6-17,37,40H,1-5H2,(H,36,41)(H,38,39). The number of phenolic OH excluding ortho intramolecular Hbond substituents is 1. The lowest BCUT2D eigenvalue weighted by atomic mass is 9.88. The van der Waals surface area contributed by atoms with Crippen molar-refractivity contribution in [3.8, 4) is 39.5 Å². The summed E-state index contributed by atoms with van der Waals surface area (Å²) in [6.07, 6.45) is 13.7. The Balaban J connectivity index is 1.23. The van der Waals surface area contributed by atoms with E-state index in [-0.39, 0.29) is 17.6 Å². The molecule has 5 aromatic heterocycles. The maximum atomic E-state index is 14.0. The van der Waals surface area contributed by atoms with Crippen LogP contribution < -0.4 is 5.32 Å². The number of nitrogens with zero attached hydrogens (tertiary/aromatic N) is 4. The fourth-order valence-corrected chi connectivity index (χ4v) is 5.68. The molecular formula is C31H26FN7O2. The number of nitrogens with one attached hydrogen (secondary N) is 3. The molecule has 10 heteroatoms. The Bertz CT molecular complexity index is 1900. The molecule has 0 spiro atoms. The molecular weight excluding hydrogens is 521 g/mol. The van der Waals surface area contributed by atoms with Crippen LogP contribution in [-0.4, -0.2) is 41.1 Å². The van der Waals surface area contributed by atoms with Gasteiger partial charge in [0.1, 0.15) is 17.3 Å². The number of aromatic hydroxyl groups is 1. The fraction of sp³-hybridized carbons (Fsp3) is 0.194. The summed E-state index contributed by atoms with van der Waals surface area (Å²) in [5, 5.41) is 22.2. The van der Waals surface area contributed by atoms with Crippen LogP contribution in [0.4, 0.5) is 10.1 Å². The predicted octanol–water partition coefficient (Wildman–Crippen LogP) is 6.59. The Labute approximate surface area is 233 Å². The van der Waals surface area contributed by atoms with Gasteiger partial charge in [-0.2, -0.15) is 5.10 Å². The molecule has 204 valence electrons. The quantitative estimate of drug-likeness (QED) is 0.192. The summed E-state index contributed by atoms with van der Waals surface area (Å²) in [5.41, 5.74) is 6.24. The van der Waals surface area contributed by atoms with E-state index < -0.39 is 5.82 Å². The summed E-state index contributed by atoms with van der Waals surface area (Å²) in [4.78, 5) is 29.4. The second-order valence-electron chi connectivity index (χ2n) is 10.5. The summed E-state index contributed by atoms with van der Waals surface area (Å²) < 4.78 is 14.0. The summed E-state index contributed by atoms with van der Waals surface area (Å²) in [7, 11) is 0. The van der Waals surface area contributed by atoms with Gasteiger partial charge in [0.25, 0.3) is 0 Å². The van der Waals surface area contributed by atoms with Crippen LogP contribution in [0.2, 0.25) is 0 Å². The van der Waals surface area contributed by atoms with Gasteiger partial charge in [-0.05, 0) is 48.7 Å². The zero-order valence-electron chi connectivity index (χ0n) is 22.0. The van der Waals surface area contributed by atoms with Crippen LogP contribution >= 0.6 is 0 Å². The van der Waals surface area contributed by atoms with Crippen LogP contribution in [0.15, 0.2) is 67.4 Å². The number of aromatic nitrogens is 6. The number of fused-ring (bicyclic) bond motifs is 2. The molecule has 0 atom stereocenters. The summed E-state index contributed by atoms with van der Waals surface area (Å²) in [5.74, 6) is -0.587. The Morgan fingerprint density at radius 2 is 1.73 bits per heavy atom. The molecule has 0 radical (unpaired) electrons. The molecule has 1 saturated carbocycles. The number of carbonyl (C=O) groups is 1. The third-order valence-electron chi connectivity index (χ3n) is 7.72. The number of halogens is 1. The summed E-state index contributed by atoms with van der Waals surface area (Å²) in [6, 6.07) is 9.70. The molecule has 7 rings (SSSR count). The van der Waals surface area contributed by atoms with Crippen molar-refractivity contribution in [2.75, 3.05) is 5.32 Å². The zero-order chi connectivity index (χ0) is 27.9. The normalized spacial score (nSPS) is 14.1. The third-order valence-corrected chi connectivity index (χ3v) is 7.72. The van der Waals surface area contributed by atoms with E-state index in [0.29, 0.717) is 28.2 Å². The lowest BCUT2D eigenvalue weighted by molar-refractivity contribution is -0.120. The first-order valence-corrected chi connectivity index (χ1v) is 13.6. The summed E-state index contributed by atoms with van der Waals surface area (Å²) in [6.45, 7) is 0. The van der Waals surface area contributed by atoms with Gasteiger partial charge in [-0.25, -0.2) is 4.39 Å². The van der Waals surface area contributed by atoms with Crippen LogP contribution in [0.5, 0.6) is 5.75 Å². The van der Waals surface area contributed by atoms with Gasteiger partial charge in [0.2, 0.25) is 5.91 Å². The first-order chi connectivity index (χ1) is 20.0. The van der Waals surface area contributed by atoms with Gasteiger partial charge in [0.05, 0.1) is 46.7 Å². The van der Waals surface area contributed by atoms with Crippen molar-refractivity contribution in [2.24, 2.45) is 5.92 Å². The number of pyridine rings is 3. The van der Waals surface area contributed by atoms with Crippen molar-refractivity contribution < 1.29 is 14.3 Å². The van der Waals surface area contributed by atoms with Crippen molar-refractivity contribution in [1.29, 1.82) is 0 Å². The number of amides is 1. The highest BCUT2D eigenvalue weighted by Gasteiger charge is 2.21. The van der Waals surface area contributed by atoms with Crippen LogP contribution in [-0.2, 0) is 4.79 Å². The Morgan fingerprint density at radius 1 is 0.878 bits per heavy atom. The second kappa shape index (κ2) is 10.1. The molecule has 1 aromatic carbocycles. The van der Waals surface area contributed by atoms with E-state index in [9.17, 15) is 14.3 Å². The van der Waals surface area contributed by atoms with E-state index >= 15 is 0 Å². The molecule has 1 fully saturated rings. The molecule has 41 heavy (non-hydrogen) atoms. The molecule has 0 saturated heterocycles. The topological polar surface area (TPSA) is 132 Å². The van der Waals surface area contributed by atoms with Crippen molar-refractivity contribution in [1.82, 2.24) is 30.1 Å². The Morgan fingerprint density at radius 3 is 2.59 bits per heavy atom. The first kappa shape index (κ1) is 24.9. The molecule has 0 bridgehead atoms. The number of rotatable bonds is 5. The Kier molecular flexibility index (Phi) is 6.15. The van der Waals surface area contributed by atoms with Crippen LogP contribution in [0.25, 0.3) is 55.6 Å². The monoisotopic (exact) mass is 547 g/mol. The van der Waals surface area contributed by atoms with Crippen molar-refractivity contribution in [3.63, 3.8) is 0 Å². The predicted molar refractivity (Wildman–Crippen MR) is 154 cm³/mol. The highest BCUT2D eigenvalue weighted by atomic mass is 19.1. The number of H-pyrrole nitrogens is 2. The van der Waals surface area contributed by atoms with Gasteiger partial charge in [-0.3, -0.25) is 24.8 Å². The second-order valence-corrected chi connectivity index (χ2v) is 10.5.